The van der Waals surface area contributed by atoms with E-state index < -0.39 is 17.8 Å². The number of benzene rings is 1. The maximum atomic E-state index is 12.9. The Morgan fingerprint density at radius 2 is 2.05 bits per heavy atom. The normalized spacial score (nSPS) is 13.0. The van der Waals surface area contributed by atoms with Crippen molar-refractivity contribution in [2.75, 3.05) is 0 Å². The lowest BCUT2D eigenvalue weighted by molar-refractivity contribution is -0.138. The number of hydrogen-bond acceptors (Lipinski definition) is 2. The highest BCUT2D eigenvalue weighted by atomic mass is 19.4. The second kappa shape index (κ2) is 6.21. The molecule has 2 aromatic rings. The minimum atomic E-state index is -4.40. The monoisotopic (exact) mass is 311 g/mol. The lowest BCUT2D eigenvalue weighted by atomic mass is 10.0. The molecule has 118 valence electrons. The van der Waals surface area contributed by atoms with Gasteiger partial charge in [0.15, 0.2) is 0 Å². The van der Waals surface area contributed by atoms with Crippen molar-refractivity contribution in [2.24, 2.45) is 7.05 Å². The van der Waals surface area contributed by atoms with Gasteiger partial charge in [0.05, 0.1) is 17.3 Å². The predicted molar refractivity (Wildman–Crippen MR) is 75.3 cm³/mol. The molecule has 0 unspecified atom stereocenters. The van der Waals surface area contributed by atoms with E-state index in [1.54, 1.807) is 26.2 Å². The largest absolute Gasteiger partial charge is 0.416 e. The molecule has 7 heteroatoms. The number of amides is 1. The third-order valence-corrected chi connectivity index (χ3v) is 3.19. The highest BCUT2D eigenvalue weighted by molar-refractivity contribution is 5.93. The molecule has 0 spiro atoms. The first-order valence-corrected chi connectivity index (χ1v) is 6.72. The van der Waals surface area contributed by atoms with Gasteiger partial charge in [-0.1, -0.05) is 18.2 Å². The number of rotatable bonds is 4. The van der Waals surface area contributed by atoms with Crippen LogP contribution in [0.25, 0.3) is 0 Å². The van der Waals surface area contributed by atoms with Crippen molar-refractivity contribution in [1.29, 1.82) is 0 Å². The van der Waals surface area contributed by atoms with E-state index in [1.165, 1.54) is 23.0 Å². The van der Waals surface area contributed by atoms with Gasteiger partial charge in [-0.3, -0.25) is 9.48 Å². The van der Waals surface area contributed by atoms with Crippen LogP contribution in [0.4, 0.5) is 13.2 Å². The molecule has 0 saturated heterocycles. The Morgan fingerprint density at radius 3 is 2.64 bits per heavy atom. The fourth-order valence-corrected chi connectivity index (χ4v) is 2.20. The number of hydrogen-bond donors (Lipinski definition) is 1. The van der Waals surface area contributed by atoms with Crippen LogP contribution in [0.15, 0.2) is 36.7 Å². The molecule has 0 radical (unpaired) electrons. The number of alkyl halides is 3. The van der Waals surface area contributed by atoms with Crippen molar-refractivity contribution in [2.45, 2.75) is 25.6 Å². The van der Waals surface area contributed by atoms with E-state index in [1.807, 2.05) is 0 Å². The van der Waals surface area contributed by atoms with Gasteiger partial charge in [0, 0.05) is 19.3 Å². The van der Waals surface area contributed by atoms with Gasteiger partial charge >= 0.3 is 6.18 Å². The predicted octanol–water partition coefficient (Wildman–Crippen LogP) is 2.80. The highest BCUT2D eigenvalue weighted by Gasteiger charge is 2.33. The van der Waals surface area contributed by atoms with Crippen molar-refractivity contribution < 1.29 is 18.0 Å². The minimum absolute atomic E-state index is 0.0989. The van der Waals surface area contributed by atoms with E-state index in [0.29, 0.717) is 5.56 Å². The van der Waals surface area contributed by atoms with Crippen LogP contribution in [0.3, 0.4) is 0 Å². The quantitative estimate of drug-likeness (QED) is 0.944. The third kappa shape index (κ3) is 3.87. The molecule has 4 nitrogen and oxygen atoms in total. The van der Waals surface area contributed by atoms with E-state index in [9.17, 15) is 18.0 Å². The maximum Gasteiger partial charge on any atom is 0.416 e. The Balaban J connectivity index is 2.07. The van der Waals surface area contributed by atoms with Gasteiger partial charge in [-0.25, -0.2) is 0 Å². The number of nitrogens with one attached hydrogen (secondary N) is 1. The smallest absolute Gasteiger partial charge is 0.349 e. The fraction of sp³-hybridized carbons (Fsp3) is 0.333. The van der Waals surface area contributed by atoms with Crippen LogP contribution in [-0.2, 0) is 19.6 Å². The van der Waals surface area contributed by atoms with E-state index >= 15 is 0 Å². The summed E-state index contributed by atoms with van der Waals surface area (Å²) < 4.78 is 40.3. The van der Waals surface area contributed by atoms with Crippen molar-refractivity contribution in [3.05, 3.63) is 53.3 Å². The SMILES string of the molecule is C[C@H](Cc1ccccc1C(F)(F)F)NC(=O)c1cnn(C)c1. The zero-order chi connectivity index (χ0) is 16.3. The van der Waals surface area contributed by atoms with Crippen LogP contribution in [0.2, 0.25) is 0 Å². The summed E-state index contributed by atoms with van der Waals surface area (Å²) in [6.45, 7) is 1.67. The molecule has 1 N–H and O–H groups in total. The molecular weight excluding hydrogens is 295 g/mol. The van der Waals surface area contributed by atoms with Gasteiger partial charge in [0.25, 0.3) is 5.91 Å². The topological polar surface area (TPSA) is 46.9 Å². The van der Waals surface area contributed by atoms with Gasteiger partial charge in [0.1, 0.15) is 0 Å². The van der Waals surface area contributed by atoms with Crippen LogP contribution >= 0.6 is 0 Å². The van der Waals surface area contributed by atoms with Crippen molar-refractivity contribution in [3.8, 4) is 0 Å². The van der Waals surface area contributed by atoms with Gasteiger partial charge in [-0.05, 0) is 25.0 Å². The summed E-state index contributed by atoms with van der Waals surface area (Å²) in [4.78, 5) is 12.0. The number of aromatic nitrogens is 2. The summed E-state index contributed by atoms with van der Waals surface area (Å²) in [5.74, 6) is -0.356. The standard InChI is InChI=1S/C15H16F3N3O/c1-10(20-14(22)12-8-19-21(2)9-12)7-11-5-3-4-6-13(11)15(16,17)18/h3-6,8-10H,7H2,1-2H3,(H,20,22)/t10-/m1/s1. The lowest BCUT2D eigenvalue weighted by Crippen LogP contribution is -2.34. The second-order valence-corrected chi connectivity index (χ2v) is 5.14. The first-order chi connectivity index (χ1) is 10.3. The third-order valence-electron chi connectivity index (χ3n) is 3.19. The zero-order valence-corrected chi connectivity index (χ0v) is 12.2. The molecule has 0 aliphatic carbocycles. The van der Waals surface area contributed by atoms with Crippen LogP contribution in [0, 0.1) is 0 Å². The van der Waals surface area contributed by atoms with Gasteiger partial charge in [-0.2, -0.15) is 18.3 Å². The van der Waals surface area contributed by atoms with E-state index in [4.69, 9.17) is 0 Å². The molecule has 2 rings (SSSR count). The van der Waals surface area contributed by atoms with Crippen LogP contribution in [0.5, 0.6) is 0 Å². The van der Waals surface area contributed by atoms with Crippen LogP contribution in [-0.4, -0.2) is 21.7 Å². The number of carbonyl (C=O) groups is 1. The minimum Gasteiger partial charge on any atom is -0.349 e. The molecule has 1 aromatic heterocycles. The highest BCUT2D eigenvalue weighted by Crippen LogP contribution is 2.32. The summed E-state index contributed by atoms with van der Waals surface area (Å²) in [5.41, 5.74) is -0.134. The molecule has 0 fully saturated rings. The van der Waals surface area contributed by atoms with E-state index in [2.05, 4.69) is 10.4 Å². The molecule has 22 heavy (non-hydrogen) atoms. The number of carbonyl (C=O) groups excluding carboxylic acids is 1. The van der Waals surface area contributed by atoms with E-state index in [-0.39, 0.29) is 17.9 Å². The fourth-order valence-electron chi connectivity index (χ4n) is 2.20. The maximum absolute atomic E-state index is 12.9. The van der Waals surface area contributed by atoms with Crippen molar-refractivity contribution in [3.63, 3.8) is 0 Å². The van der Waals surface area contributed by atoms with Crippen molar-refractivity contribution >= 4 is 5.91 Å². The van der Waals surface area contributed by atoms with Gasteiger partial charge in [-0.15, -0.1) is 0 Å². The molecule has 1 amide bonds. The molecule has 1 heterocycles. The van der Waals surface area contributed by atoms with Gasteiger partial charge < -0.3 is 5.32 Å². The molecule has 0 aliphatic heterocycles. The Morgan fingerprint density at radius 1 is 1.36 bits per heavy atom. The molecule has 1 atom stereocenters. The Labute approximate surface area is 125 Å². The summed E-state index contributed by atoms with van der Waals surface area (Å²) in [6, 6.07) is 4.95. The van der Waals surface area contributed by atoms with Crippen LogP contribution < -0.4 is 5.32 Å². The summed E-state index contributed by atoms with van der Waals surface area (Å²) in [7, 11) is 1.68. The van der Waals surface area contributed by atoms with Gasteiger partial charge in [0.2, 0.25) is 0 Å². The first kappa shape index (κ1) is 16.1. The first-order valence-electron chi connectivity index (χ1n) is 6.72. The molecule has 0 bridgehead atoms. The average Bonchev–Trinajstić information content (AvgIpc) is 2.84. The summed E-state index contributed by atoms with van der Waals surface area (Å²) >= 11 is 0. The molecular formula is C15H16F3N3O. The average molecular weight is 311 g/mol. The Kier molecular flexibility index (Phi) is 4.54. The number of halogens is 3. The number of aryl methyl sites for hydroxylation is 1. The molecule has 1 aromatic carbocycles. The van der Waals surface area contributed by atoms with E-state index in [0.717, 1.165) is 6.07 Å². The number of nitrogens with zero attached hydrogens (tertiary/aromatic N) is 2. The molecule has 0 saturated carbocycles. The second-order valence-electron chi connectivity index (χ2n) is 5.14. The lowest BCUT2D eigenvalue weighted by Gasteiger charge is -2.17. The summed E-state index contributed by atoms with van der Waals surface area (Å²) in [5, 5.41) is 6.56. The molecule has 0 aliphatic rings. The Hall–Kier alpha value is -2.31. The Bertz CT molecular complexity index is 664. The van der Waals surface area contributed by atoms with Crippen LogP contribution in [0.1, 0.15) is 28.4 Å². The summed E-state index contributed by atoms with van der Waals surface area (Å²) in [6.07, 6.45) is -1.34. The van der Waals surface area contributed by atoms with Crippen molar-refractivity contribution in [1.82, 2.24) is 15.1 Å². The zero-order valence-electron chi connectivity index (χ0n) is 12.2.